The molecule has 2 rings (SSSR count). The van der Waals surface area contributed by atoms with E-state index in [4.69, 9.17) is 4.42 Å². The van der Waals surface area contributed by atoms with Gasteiger partial charge in [0.25, 0.3) is 0 Å². The highest BCUT2D eigenvalue weighted by Crippen LogP contribution is 2.30. The van der Waals surface area contributed by atoms with Gasteiger partial charge in [0.1, 0.15) is 0 Å². The maximum Gasteiger partial charge on any atom is 0.315 e. The smallest absolute Gasteiger partial charge is 0.315 e. The van der Waals surface area contributed by atoms with E-state index in [0.717, 1.165) is 18.4 Å². The molecule has 5 heteroatoms. The summed E-state index contributed by atoms with van der Waals surface area (Å²) >= 11 is 0. The Morgan fingerprint density at radius 1 is 1.33 bits per heavy atom. The molecule has 0 bridgehead atoms. The molecule has 1 fully saturated rings. The zero-order chi connectivity index (χ0) is 12.8. The van der Waals surface area contributed by atoms with E-state index >= 15 is 0 Å². The number of nitrogens with one attached hydrogen (secondary N) is 2. The molecule has 1 aromatic rings. The molecule has 0 spiro atoms. The van der Waals surface area contributed by atoms with Gasteiger partial charge in [-0.1, -0.05) is 31.3 Å². The largest absolute Gasteiger partial charge is 0.407 e. The molecular weight excluding hydrogens is 228 g/mol. The van der Waals surface area contributed by atoms with Crippen LogP contribution in [0.3, 0.4) is 0 Å². The monoisotopic (exact) mass is 252 g/mol. The van der Waals surface area contributed by atoms with Crippen LogP contribution >= 0.6 is 0 Å². The number of nitrogens with zero attached hydrogens (tertiary/aromatic N) is 2. The van der Waals surface area contributed by atoms with E-state index in [1.807, 2.05) is 7.05 Å². The lowest BCUT2D eigenvalue weighted by molar-refractivity contribution is 0.274. The molecule has 0 saturated heterocycles. The zero-order valence-corrected chi connectivity index (χ0v) is 11.4. The molecule has 1 aliphatic carbocycles. The van der Waals surface area contributed by atoms with Gasteiger partial charge in [0.2, 0.25) is 5.89 Å². The lowest BCUT2D eigenvalue weighted by Gasteiger charge is -2.26. The van der Waals surface area contributed by atoms with Crippen LogP contribution in [0.4, 0.5) is 6.01 Å². The quantitative estimate of drug-likeness (QED) is 0.814. The first-order chi connectivity index (χ1) is 8.78. The van der Waals surface area contributed by atoms with Crippen molar-refractivity contribution in [2.45, 2.75) is 45.6 Å². The van der Waals surface area contributed by atoms with Crippen LogP contribution in [-0.2, 0) is 6.54 Å². The molecule has 1 saturated carbocycles. The van der Waals surface area contributed by atoms with E-state index < -0.39 is 0 Å². The Morgan fingerprint density at radius 3 is 3.00 bits per heavy atom. The van der Waals surface area contributed by atoms with Crippen molar-refractivity contribution in [2.75, 3.05) is 18.9 Å². The molecule has 2 unspecified atom stereocenters. The van der Waals surface area contributed by atoms with Gasteiger partial charge in [-0.2, -0.15) is 0 Å². The third-order valence-corrected chi connectivity index (χ3v) is 3.67. The predicted molar refractivity (Wildman–Crippen MR) is 71.3 cm³/mol. The molecule has 1 aromatic heterocycles. The highest BCUT2D eigenvalue weighted by atomic mass is 16.4. The minimum atomic E-state index is 0.545. The third-order valence-electron chi connectivity index (χ3n) is 3.67. The average molecular weight is 252 g/mol. The van der Waals surface area contributed by atoms with Crippen molar-refractivity contribution in [2.24, 2.45) is 11.8 Å². The van der Waals surface area contributed by atoms with Gasteiger partial charge in [0.05, 0.1) is 6.54 Å². The fraction of sp³-hybridized carbons (Fsp3) is 0.846. The topological polar surface area (TPSA) is 63.0 Å². The van der Waals surface area contributed by atoms with Crippen molar-refractivity contribution in [3.8, 4) is 0 Å². The first-order valence-electron chi connectivity index (χ1n) is 6.98. The van der Waals surface area contributed by atoms with E-state index in [0.29, 0.717) is 18.5 Å². The van der Waals surface area contributed by atoms with Gasteiger partial charge in [-0.3, -0.25) is 0 Å². The normalized spacial score (nSPS) is 24.1. The van der Waals surface area contributed by atoms with Crippen molar-refractivity contribution in [3.05, 3.63) is 5.89 Å². The number of hydrogen-bond acceptors (Lipinski definition) is 5. The third kappa shape index (κ3) is 3.98. The summed E-state index contributed by atoms with van der Waals surface area (Å²) in [5.41, 5.74) is 0. The standard InChI is InChI=1S/C13H24N4O/c1-10-4-3-5-11(8-10)6-7-15-13-17-16-12(18-13)9-14-2/h10-11,14H,3-9H2,1-2H3,(H,15,17). The molecule has 2 N–H and O–H groups in total. The predicted octanol–water partition coefficient (Wildman–Crippen LogP) is 2.42. The maximum absolute atomic E-state index is 5.44. The molecular formula is C13H24N4O. The summed E-state index contributed by atoms with van der Waals surface area (Å²) in [5.74, 6) is 2.39. The van der Waals surface area contributed by atoms with Gasteiger partial charge < -0.3 is 15.1 Å². The molecule has 1 aliphatic rings. The highest BCUT2D eigenvalue weighted by molar-refractivity contribution is 5.16. The second-order valence-electron chi connectivity index (χ2n) is 5.38. The van der Waals surface area contributed by atoms with Gasteiger partial charge in [0.15, 0.2) is 0 Å². The summed E-state index contributed by atoms with van der Waals surface area (Å²) in [6, 6.07) is 0.545. The van der Waals surface area contributed by atoms with Gasteiger partial charge in [0, 0.05) is 6.54 Å². The number of anilines is 1. The zero-order valence-electron chi connectivity index (χ0n) is 11.4. The molecule has 0 amide bonds. The van der Waals surface area contributed by atoms with Crippen molar-refractivity contribution in [1.82, 2.24) is 15.5 Å². The number of aromatic nitrogens is 2. The van der Waals surface area contributed by atoms with Crippen molar-refractivity contribution in [1.29, 1.82) is 0 Å². The van der Waals surface area contributed by atoms with E-state index in [9.17, 15) is 0 Å². The second kappa shape index (κ2) is 6.73. The minimum Gasteiger partial charge on any atom is -0.407 e. The van der Waals surface area contributed by atoms with Crippen LogP contribution in [0.2, 0.25) is 0 Å². The first-order valence-corrected chi connectivity index (χ1v) is 6.98. The van der Waals surface area contributed by atoms with E-state index in [1.165, 1.54) is 32.1 Å². The fourth-order valence-corrected chi connectivity index (χ4v) is 2.75. The van der Waals surface area contributed by atoms with E-state index in [2.05, 4.69) is 27.8 Å². The summed E-state index contributed by atoms with van der Waals surface area (Å²) in [6.45, 7) is 3.91. The van der Waals surface area contributed by atoms with Crippen LogP contribution in [0.25, 0.3) is 0 Å². The van der Waals surface area contributed by atoms with Crippen LogP contribution in [0, 0.1) is 11.8 Å². The Kier molecular flexibility index (Phi) is 4.99. The fourth-order valence-electron chi connectivity index (χ4n) is 2.75. The van der Waals surface area contributed by atoms with Crippen molar-refractivity contribution < 1.29 is 4.42 Å². The Morgan fingerprint density at radius 2 is 2.22 bits per heavy atom. The van der Waals surface area contributed by atoms with Crippen molar-refractivity contribution in [3.63, 3.8) is 0 Å². The average Bonchev–Trinajstić information content (AvgIpc) is 2.78. The summed E-state index contributed by atoms with van der Waals surface area (Å²) in [7, 11) is 1.86. The van der Waals surface area contributed by atoms with Gasteiger partial charge in [-0.05, 0) is 31.7 Å². The Balaban J connectivity index is 1.67. The van der Waals surface area contributed by atoms with Gasteiger partial charge >= 0.3 is 6.01 Å². The van der Waals surface area contributed by atoms with Crippen LogP contribution in [0.5, 0.6) is 0 Å². The molecule has 0 aromatic carbocycles. The Hall–Kier alpha value is -1.10. The molecule has 102 valence electrons. The second-order valence-corrected chi connectivity index (χ2v) is 5.38. The summed E-state index contributed by atoms with van der Waals surface area (Å²) in [6.07, 6.45) is 6.74. The minimum absolute atomic E-state index is 0.545. The molecule has 0 radical (unpaired) electrons. The van der Waals surface area contributed by atoms with E-state index in [1.54, 1.807) is 0 Å². The maximum atomic E-state index is 5.44. The Labute approximate surface area is 109 Å². The number of hydrogen-bond donors (Lipinski definition) is 2. The van der Waals surface area contributed by atoms with Crippen LogP contribution < -0.4 is 10.6 Å². The molecule has 18 heavy (non-hydrogen) atoms. The molecule has 0 aliphatic heterocycles. The van der Waals surface area contributed by atoms with Crippen LogP contribution in [0.1, 0.15) is 44.9 Å². The molecule has 2 atom stereocenters. The lowest BCUT2D eigenvalue weighted by Crippen LogP contribution is -2.16. The van der Waals surface area contributed by atoms with Gasteiger partial charge in [-0.25, -0.2) is 0 Å². The van der Waals surface area contributed by atoms with E-state index in [-0.39, 0.29) is 0 Å². The summed E-state index contributed by atoms with van der Waals surface area (Å²) in [4.78, 5) is 0. The molecule has 1 heterocycles. The Bertz CT molecular complexity index is 353. The highest BCUT2D eigenvalue weighted by Gasteiger charge is 2.18. The summed E-state index contributed by atoms with van der Waals surface area (Å²) in [5, 5.41) is 14.1. The van der Waals surface area contributed by atoms with Crippen molar-refractivity contribution >= 4 is 6.01 Å². The lowest BCUT2D eigenvalue weighted by atomic mass is 9.81. The van der Waals surface area contributed by atoms with Crippen LogP contribution in [-0.4, -0.2) is 23.8 Å². The van der Waals surface area contributed by atoms with Gasteiger partial charge in [-0.15, -0.1) is 5.10 Å². The SMILES string of the molecule is CNCc1nnc(NCCC2CCCC(C)C2)o1. The number of rotatable bonds is 6. The summed E-state index contributed by atoms with van der Waals surface area (Å²) < 4.78 is 5.44. The first kappa shape index (κ1) is 13.3. The van der Waals surface area contributed by atoms with Crippen LogP contribution in [0.15, 0.2) is 4.42 Å². The molecule has 5 nitrogen and oxygen atoms in total.